The van der Waals surface area contributed by atoms with Crippen LogP contribution in [0.15, 0.2) is 22.7 Å². The second-order valence-corrected chi connectivity index (χ2v) is 3.53. The number of halogens is 1. The molecule has 12 heavy (non-hydrogen) atoms. The quantitative estimate of drug-likeness (QED) is 0.727. The van der Waals surface area contributed by atoms with Crippen LogP contribution in [-0.2, 0) is 4.74 Å². The first-order valence-electron chi connectivity index (χ1n) is 3.77. The highest BCUT2D eigenvalue weighted by molar-refractivity contribution is 9.10. The van der Waals surface area contributed by atoms with Gasteiger partial charge in [0.2, 0.25) is 0 Å². The molecular formula is C9H9BrO2. The summed E-state index contributed by atoms with van der Waals surface area (Å²) in [5.74, 6) is 0.895. The van der Waals surface area contributed by atoms with E-state index < -0.39 is 0 Å². The van der Waals surface area contributed by atoms with Crippen molar-refractivity contribution in [2.75, 3.05) is 13.7 Å². The number of hydrogen-bond acceptors (Lipinski definition) is 2. The van der Waals surface area contributed by atoms with Crippen molar-refractivity contribution in [2.45, 2.75) is 6.10 Å². The van der Waals surface area contributed by atoms with Crippen LogP contribution in [0.4, 0.5) is 0 Å². The molecule has 0 bridgehead atoms. The zero-order chi connectivity index (χ0) is 8.55. The first kappa shape index (κ1) is 8.08. The molecule has 0 saturated carbocycles. The molecule has 3 heteroatoms. The monoisotopic (exact) mass is 228 g/mol. The summed E-state index contributed by atoms with van der Waals surface area (Å²) in [5.41, 5.74) is 1.13. The van der Waals surface area contributed by atoms with Gasteiger partial charge in [-0.3, -0.25) is 0 Å². The number of ether oxygens (including phenoxy) is 2. The zero-order valence-electron chi connectivity index (χ0n) is 6.71. The van der Waals surface area contributed by atoms with Gasteiger partial charge in [0, 0.05) is 10.0 Å². The smallest absolute Gasteiger partial charge is 0.125 e. The summed E-state index contributed by atoms with van der Waals surface area (Å²) in [6, 6.07) is 5.90. The van der Waals surface area contributed by atoms with Crippen LogP contribution in [0.3, 0.4) is 0 Å². The van der Waals surface area contributed by atoms with Gasteiger partial charge in [0.25, 0.3) is 0 Å². The molecule has 64 valence electrons. The van der Waals surface area contributed by atoms with Crippen molar-refractivity contribution < 1.29 is 9.47 Å². The van der Waals surface area contributed by atoms with Gasteiger partial charge in [-0.05, 0) is 12.1 Å². The van der Waals surface area contributed by atoms with Gasteiger partial charge < -0.3 is 9.47 Å². The largest absolute Gasteiger partial charge is 0.496 e. The lowest BCUT2D eigenvalue weighted by Crippen LogP contribution is -1.91. The maximum atomic E-state index is 5.22. The van der Waals surface area contributed by atoms with E-state index in [1.165, 1.54) is 0 Å². The van der Waals surface area contributed by atoms with E-state index >= 15 is 0 Å². The molecule has 0 aliphatic carbocycles. The molecule has 1 aliphatic heterocycles. The molecule has 2 rings (SSSR count). The average molecular weight is 229 g/mol. The second-order valence-electron chi connectivity index (χ2n) is 2.68. The van der Waals surface area contributed by atoms with Crippen LogP contribution in [0.5, 0.6) is 5.75 Å². The summed E-state index contributed by atoms with van der Waals surface area (Å²) in [4.78, 5) is 0. The predicted molar refractivity (Wildman–Crippen MR) is 49.4 cm³/mol. The third-order valence-corrected chi connectivity index (χ3v) is 2.58. The molecule has 2 nitrogen and oxygen atoms in total. The summed E-state index contributed by atoms with van der Waals surface area (Å²) in [5, 5.41) is 0. The normalized spacial score (nSPS) is 20.7. The third kappa shape index (κ3) is 1.34. The minimum Gasteiger partial charge on any atom is -0.496 e. The minimum atomic E-state index is 0.232. The van der Waals surface area contributed by atoms with Gasteiger partial charge in [0.05, 0.1) is 13.7 Å². The van der Waals surface area contributed by atoms with Gasteiger partial charge in [0.15, 0.2) is 0 Å². The van der Waals surface area contributed by atoms with Crippen molar-refractivity contribution in [3.8, 4) is 5.75 Å². The maximum absolute atomic E-state index is 5.22. The second kappa shape index (κ2) is 3.07. The summed E-state index contributed by atoms with van der Waals surface area (Å²) in [6.45, 7) is 0.805. The van der Waals surface area contributed by atoms with Crippen LogP contribution in [0.25, 0.3) is 0 Å². The van der Waals surface area contributed by atoms with E-state index in [2.05, 4.69) is 15.9 Å². The summed E-state index contributed by atoms with van der Waals surface area (Å²) in [7, 11) is 1.67. The van der Waals surface area contributed by atoms with E-state index in [1.807, 2.05) is 18.2 Å². The van der Waals surface area contributed by atoms with E-state index in [0.29, 0.717) is 0 Å². The standard InChI is InChI=1S/C9H9BrO2/c1-11-7-4-2-3-6(10)9(7)8-5-12-8/h2-4,8H,5H2,1H3. The Morgan fingerprint density at radius 3 is 2.92 bits per heavy atom. The fraction of sp³-hybridized carbons (Fsp3) is 0.333. The molecule has 0 aromatic heterocycles. The molecule has 1 saturated heterocycles. The third-order valence-electron chi connectivity index (χ3n) is 1.89. The molecule has 1 aromatic carbocycles. The summed E-state index contributed by atoms with van der Waals surface area (Å²) < 4.78 is 11.5. The van der Waals surface area contributed by atoms with Crippen LogP contribution in [0.2, 0.25) is 0 Å². The highest BCUT2D eigenvalue weighted by Crippen LogP contribution is 2.40. The average Bonchev–Trinajstić information content (AvgIpc) is 2.87. The topological polar surface area (TPSA) is 21.8 Å². The van der Waals surface area contributed by atoms with Gasteiger partial charge in [-0.2, -0.15) is 0 Å². The molecule has 1 aromatic rings. The van der Waals surface area contributed by atoms with Crippen molar-refractivity contribution in [2.24, 2.45) is 0 Å². The van der Waals surface area contributed by atoms with E-state index in [1.54, 1.807) is 7.11 Å². The lowest BCUT2D eigenvalue weighted by atomic mass is 10.1. The minimum absolute atomic E-state index is 0.232. The van der Waals surface area contributed by atoms with Gasteiger partial charge in [-0.15, -0.1) is 0 Å². The highest BCUT2D eigenvalue weighted by Gasteiger charge is 2.29. The molecular weight excluding hydrogens is 220 g/mol. The highest BCUT2D eigenvalue weighted by atomic mass is 79.9. The van der Waals surface area contributed by atoms with Crippen molar-refractivity contribution in [1.82, 2.24) is 0 Å². The SMILES string of the molecule is COc1cccc(Br)c1C1CO1. The number of rotatable bonds is 2. The first-order valence-corrected chi connectivity index (χ1v) is 4.56. The van der Waals surface area contributed by atoms with Crippen LogP contribution in [0, 0.1) is 0 Å². The Morgan fingerprint density at radius 2 is 2.33 bits per heavy atom. The van der Waals surface area contributed by atoms with E-state index in [4.69, 9.17) is 9.47 Å². The zero-order valence-corrected chi connectivity index (χ0v) is 8.30. The fourth-order valence-corrected chi connectivity index (χ4v) is 1.83. The van der Waals surface area contributed by atoms with Crippen LogP contribution < -0.4 is 4.74 Å². The Morgan fingerprint density at radius 1 is 1.58 bits per heavy atom. The van der Waals surface area contributed by atoms with Crippen LogP contribution in [0.1, 0.15) is 11.7 Å². The Bertz CT molecular complexity index is 295. The van der Waals surface area contributed by atoms with Crippen molar-refractivity contribution in [3.63, 3.8) is 0 Å². The summed E-state index contributed by atoms with van der Waals surface area (Å²) in [6.07, 6.45) is 0.232. The number of benzene rings is 1. The molecule has 1 fully saturated rings. The molecule has 0 radical (unpaired) electrons. The molecule has 1 unspecified atom stereocenters. The van der Waals surface area contributed by atoms with Crippen LogP contribution >= 0.6 is 15.9 Å². The number of hydrogen-bond donors (Lipinski definition) is 0. The molecule has 1 atom stereocenters. The van der Waals surface area contributed by atoms with E-state index in [9.17, 15) is 0 Å². The van der Waals surface area contributed by atoms with Crippen LogP contribution in [-0.4, -0.2) is 13.7 Å². The first-order chi connectivity index (χ1) is 5.83. The predicted octanol–water partition coefficient (Wildman–Crippen LogP) is 2.53. The Balaban J connectivity index is 2.45. The van der Waals surface area contributed by atoms with E-state index in [-0.39, 0.29) is 6.10 Å². The van der Waals surface area contributed by atoms with Crippen molar-refractivity contribution in [3.05, 3.63) is 28.2 Å². The lowest BCUT2D eigenvalue weighted by Gasteiger charge is -2.06. The lowest BCUT2D eigenvalue weighted by molar-refractivity contribution is 0.382. The molecule has 0 amide bonds. The summed E-state index contributed by atoms with van der Waals surface area (Å²) >= 11 is 3.47. The molecule has 0 N–H and O–H groups in total. The van der Waals surface area contributed by atoms with Gasteiger partial charge in [-0.25, -0.2) is 0 Å². The van der Waals surface area contributed by atoms with Gasteiger partial charge in [-0.1, -0.05) is 22.0 Å². The van der Waals surface area contributed by atoms with Gasteiger partial charge in [0.1, 0.15) is 11.9 Å². The van der Waals surface area contributed by atoms with Gasteiger partial charge >= 0.3 is 0 Å². The fourth-order valence-electron chi connectivity index (χ4n) is 1.22. The van der Waals surface area contributed by atoms with Crippen molar-refractivity contribution >= 4 is 15.9 Å². The maximum Gasteiger partial charge on any atom is 0.125 e. The Kier molecular flexibility index (Phi) is 2.07. The Hall–Kier alpha value is -0.540. The molecule has 1 aliphatic rings. The Labute approximate surface area is 79.6 Å². The number of methoxy groups -OCH3 is 1. The van der Waals surface area contributed by atoms with Crippen molar-refractivity contribution in [1.29, 1.82) is 0 Å². The molecule has 0 spiro atoms. The molecule has 1 heterocycles. The van der Waals surface area contributed by atoms with E-state index in [0.717, 1.165) is 22.4 Å². The number of epoxide rings is 1.